The van der Waals surface area contributed by atoms with Gasteiger partial charge in [-0.1, -0.05) is 73.4 Å². The Kier molecular flexibility index (Phi) is 9.95. The summed E-state index contributed by atoms with van der Waals surface area (Å²) in [6.07, 6.45) is 1.06. The van der Waals surface area contributed by atoms with Crippen LogP contribution in [0, 0.1) is 0 Å². The Bertz CT molecular complexity index is 1360. The minimum Gasteiger partial charge on any atom is -0.354 e. The van der Waals surface area contributed by atoms with Gasteiger partial charge in [-0.05, 0) is 47.9 Å². The molecule has 0 bridgehead atoms. The number of likely N-dealkylation sites (N-methyl/N-ethyl adjacent to an activating group) is 1. The molecule has 0 fully saturated rings. The van der Waals surface area contributed by atoms with Crippen LogP contribution in [0.5, 0.6) is 0 Å². The second-order valence-electron chi connectivity index (χ2n) is 8.71. The highest BCUT2D eigenvalue weighted by Gasteiger charge is 2.32. The Labute approximate surface area is 228 Å². The van der Waals surface area contributed by atoms with Crippen molar-refractivity contribution in [3.8, 4) is 0 Å². The minimum atomic E-state index is -3.98. The van der Waals surface area contributed by atoms with E-state index in [2.05, 4.69) is 5.32 Å². The van der Waals surface area contributed by atoms with Crippen LogP contribution in [0.4, 0.5) is 0 Å². The Balaban J connectivity index is 1.91. The maximum atomic E-state index is 13.6. The van der Waals surface area contributed by atoms with Crippen LogP contribution in [0.15, 0.2) is 65.6 Å². The lowest BCUT2D eigenvalue weighted by Gasteiger charge is -2.32. The summed E-state index contributed by atoms with van der Waals surface area (Å²) in [6.45, 7) is 3.68. The topological polar surface area (TPSA) is 86.8 Å². The second-order valence-corrected chi connectivity index (χ2v) is 11.6. The molecule has 0 spiro atoms. The maximum absolute atomic E-state index is 13.6. The maximum Gasteiger partial charge on any atom is 0.243 e. The van der Waals surface area contributed by atoms with E-state index in [1.807, 2.05) is 31.2 Å². The molecular formula is C27H31Cl2N3O4S. The average molecular weight is 565 g/mol. The van der Waals surface area contributed by atoms with Gasteiger partial charge >= 0.3 is 0 Å². The number of carbonyl (C=O) groups is 2. The molecule has 0 aliphatic carbocycles. The van der Waals surface area contributed by atoms with Crippen molar-refractivity contribution in [1.29, 1.82) is 0 Å². The summed E-state index contributed by atoms with van der Waals surface area (Å²) in [4.78, 5) is 28.0. The second kappa shape index (κ2) is 12.7. The van der Waals surface area contributed by atoms with Crippen LogP contribution < -0.4 is 5.32 Å². The van der Waals surface area contributed by atoms with Crippen molar-refractivity contribution in [3.63, 3.8) is 0 Å². The van der Waals surface area contributed by atoms with Gasteiger partial charge in [0.1, 0.15) is 6.04 Å². The largest absolute Gasteiger partial charge is 0.354 e. The molecular weight excluding hydrogens is 533 g/mol. The van der Waals surface area contributed by atoms with Crippen LogP contribution in [0.2, 0.25) is 10.0 Å². The fourth-order valence-electron chi connectivity index (χ4n) is 4.01. The number of nitrogens with one attached hydrogen (secondary N) is 1. The third kappa shape index (κ3) is 6.82. The van der Waals surface area contributed by atoms with Crippen molar-refractivity contribution in [2.24, 2.45) is 0 Å². The van der Waals surface area contributed by atoms with Crippen LogP contribution in [0.1, 0.15) is 32.3 Å². The van der Waals surface area contributed by atoms with Crippen molar-refractivity contribution in [2.45, 2.75) is 44.2 Å². The summed E-state index contributed by atoms with van der Waals surface area (Å²) in [5.74, 6) is -0.859. The SMILES string of the molecule is CCCNC(=O)[C@@H](CC)N(Cc1c(Cl)cccc1Cl)C(=O)CN(C)S(=O)(=O)c1ccc2ccccc2c1. The molecule has 1 atom stereocenters. The first-order valence-corrected chi connectivity index (χ1v) is 14.2. The van der Waals surface area contributed by atoms with Gasteiger partial charge in [-0.2, -0.15) is 4.31 Å². The number of sulfonamides is 1. The molecule has 0 radical (unpaired) electrons. The minimum absolute atomic E-state index is 0.0424. The number of carbonyl (C=O) groups excluding carboxylic acids is 2. The Morgan fingerprint density at radius 1 is 0.946 bits per heavy atom. The molecule has 0 saturated heterocycles. The molecule has 0 unspecified atom stereocenters. The Hall–Kier alpha value is -2.65. The number of fused-ring (bicyclic) bond motifs is 1. The van der Waals surface area contributed by atoms with Gasteiger partial charge in [-0.3, -0.25) is 9.59 Å². The van der Waals surface area contributed by atoms with E-state index >= 15 is 0 Å². The Morgan fingerprint density at radius 3 is 2.22 bits per heavy atom. The third-order valence-electron chi connectivity index (χ3n) is 6.11. The van der Waals surface area contributed by atoms with Crippen molar-refractivity contribution in [3.05, 3.63) is 76.3 Å². The van der Waals surface area contributed by atoms with Crippen molar-refractivity contribution < 1.29 is 18.0 Å². The first-order valence-electron chi connectivity index (χ1n) is 12.0. The molecule has 37 heavy (non-hydrogen) atoms. The molecule has 10 heteroatoms. The van der Waals surface area contributed by atoms with Gasteiger partial charge in [0.25, 0.3) is 0 Å². The monoisotopic (exact) mass is 563 g/mol. The van der Waals surface area contributed by atoms with Crippen LogP contribution >= 0.6 is 23.2 Å². The van der Waals surface area contributed by atoms with Crippen LogP contribution in [0.3, 0.4) is 0 Å². The molecule has 3 aromatic rings. The van der Waals surface area contributed by atoms with E-state index in [9.17, 15) is 18.0 Å². The molecule has 7 nitrogen and oxygen atoms in total. The molecule has 0 saturated carbocycles. The van der Waals surface area contributed by atoms with E-state index in [1.165, 1.54) is 18.0 Å². The number of halogens is 2. The van der Waals surface area contributed by atoms with Gasteiger partial charge in [0.15, 0.2) is 0 Å². The molecule has 3 rings (SSSR count). The van der Waals surface area contributed by atoms with Gasteiger partial charge in [0, 0.05) is 35.7 Å². The van der Waals surface area contributed by atoms with E-state index in [0.29, 0.717) is 28.6 Å². The lowest BCUT2D eigenvalue weighted by atomic mass is 10.1. The highest BCUT2D eigenvalue weighted by molar-refractivity contribution is 7.89. The summed E-state index contributed by atoms with van der Waals surface area (Å²) in [6, 6.07) is 16.4. The van der Waals surface area contributed by atoms with Gasteiger partial charge < -0.3 is 10.2 Å². The summed E-state index contributed by atoms with van der Waals surface area (Å²) in [5, 5.41) is 5.22. The van der Waals surface area contributed by atoms with E-state index in [4.69, 9.17) is 23.2 Å². The first kappa shape index (κ1) is 28.9. The van der Waals surface area contributed by atoms with E-state index in [0.717, 1.165) is 21.5 Å². The van der Waals surface area contributed by atoms with Crippen molar-refractivity contribution in [2.75, 3.05) is 20.1 Å². The van der Waals surface area contributed by atoms with Crippen LogP contribution in [-0.2, 0) is 26.2 Å². The zero-order valence-electron chi connectivity index (χ0n) is 21.1. The van der Waals surface area contributed by atoms with Crippen LogP contribution in [-0.4, -0.2) is 55.6 Å². The summed E-state index contributed by atoms with van der Waals surface area (Å²) >= 11 is 12.7. The Morgan fingerprint density at radius 2 is 1.59 bits per heavy atom. The lowest BCUT2D eigenvalue weighted by Crippen LogP contribution is -2.51. The third-order valence-corrected chi connectivity index (χ3v) is 8.62. The predicted molar refractivity (Wildman–Crippen MR) is 148 cm³/mol. The molecule has 2 amide bonds. The number of hydrogen-bond acceptors (Lipinski definition) is 4. The predicted octanol–water partition coefficient (Wildman–Crippen LogP) is 5.10. The molecule has 0 aliphatic heterocycles. The lowest BCUT2D eigenvalue weighted by molar-refractivity contribution is -0.141. The molecule has 0 aliphatic rings. The molecule has 198 valence electrons. The molecule has 1 N–H and O–H groups in total. The first-order chi connectivity index (χ1) is 17.6. The normalized spacial score (nSPS) is 12.5. The number of hydrogen-bond donors (Lipinski definition) is 1. The zero-order valence-corrected chi connectivity index (χ0v) is 23.4. The average Bonchev–Trinajstić information content (AvgIpc) is 2.88. The van der Waals surface area contributed by atoms with Crippen molar-refractivity contribution in [1.82, 2.24) is 14.5 Å². The quantitative estimate of drug-likeness (QED) is 0.351. The number of amides is 2. The highest BCUT2D eigenvalue weighted by Crippen LogP contribution is 2.27. The zero-order chi connectivity index (χ0) is 27.2. The standard InChI is InChI=1S/C27H31Cl2N3O4S/c1-4-15-30-27(34)25(5-2)32(17-22-23(28)11-8-12-24(22)29)26(33)18-31(3)37(35,36)21-14-13-19-9-6-7-10-20(19)16-21/h6-14,16,25H,4-5,15,17-18H2,1-3H3,(H,30,34)/t25-/m1/s1. The van der Waals surface area contributed by atoms with Crippen molar-refractivity contribution >= 4 is 55.8 Å². The number of benzene rings is 3. The fraction of sp³-hybridized carbons (Fsp3) is 0.333. The molecule has 3 aromatic carbocycles. The summed E-state index contributed by atoms with van der Waals surface area (Å²) in [7, 11) is -2.63. The summed E-state index contributed by atoms with van der Waals surface area (Å²) < 4.78 is 27.7. The van der Waals surface area contributed by atoms with Gasteiger partial charge in [0.2, 0.25) is 21.8 Å². The number of rotatable bonds is 11. The van der Waals surface area contributed by atoms with Gasteiger partial charge in [-0.15, -0.1) is 0 Å². The molecule has 0 aromatic heterocycles. The number of nitrogens with zero attached hydrogens (tertiary/aromatic N) is 2. The van der Waals surface area contributed by atoms with E-state index in [1.54, 1.807) is 37.3 Å². The van der Waals surface area contributed by atoms with Crippen LogP contribution in [0.25, 0.3) is 10.8 Å². The smallest absolute Gasteiger partial charge is 0.243 e. The fourth-order valence-corrected chi connectivity index (χ4v) is 5.69. The highest BCUT2D eigenvalue weighted by atomic mass is 35.5. The van der Waals surface area contributed by atoms with E-state index in [-0.39, 0.29) is 17.3 Å². The van der Waals surface area contributed by atoms with Gasteiger partial charge in [0.05, 0.1) is 11.4 Å². The molecule has 0 heterocycles. The summed E-state index contributed by atoms with van der Waals surface area (Å²) in [5.41, 5.74) is 0.487. The van der Waals surface area contributed by atoms with Gasteiger partial charge in [-0.25, -0.2) is 8.42 Å². The van der Waals surface area contributed by atoms with E-state index < -0.39 is 28.5 Å².